The summed E-state index contributed by atoms with van der Waals surface area (Å²) in [5.74, 6) is -1.42. The third kappa shape index (κ3) is 2.40. The number of benzene rings is 1. The fourth-order valence-corrected chi connectivity index (χ4v) is 1.87. The first kappa shape index (κ1) is 12.3. The van der Waals surface area contributed by atoms with E-state index in [4.69, 9.17) is 4.74 Å². The van der Waals surface area contributed by atoms with Gasteiger partial charge in [0.15, 0.2) is 0 Å². The number of carbonyl (C=O) groups is 1. The summed E-state index contributed by atoms with van der Waals surface area (Å²) in [6.07, 6.45) is 0. The molecule has 7 heteroatoms. The van der Waals surface area contributed by atoms with Gasteiger partial charge in [0.2, 0.25) is 0 Å². The van der Waals surface area contributed by atoms with Crippen LogP contribution < -0.4 is 10.0 Å². The molecule has 1 saturated heterocycles. The Morgan fingerprint density at radius 3 is 2.56 bits per heavy atom. The first-order valence-corrected chi connectivity index (χ1v) is 5.42. The predicted octanol–water partition coefficient (Wildman–Crippen LogP) is -0.205. The lowest BCUT2D eigenvalue weighted by Crippen LogP contribution is -2.36. The van der Waals surface area contributed by atoms with Crippen molar-refractivity contribution in [3.8, 4) is 0 Å². The Kier molecular flexibility index (Phi) is 3.42. The van der Waals surface area contributed by atoms with Crippen LogP contribution in [-0.2, 0) is 4.74 Å². The van der Waals surface area contributed by atoms with Crippen LogP contribution in [-0.4, -0.2) is 37.2 Å². The van der Waals surface area contributed by atoms with Gasteiger partial charge in [0, 0.05) is 24.7 Å². The summed E-state index contributed by atoms with van der Waals surface area (Å²) in [6.45, 7) is 2.09. The maximum Gasteiger partial charge on any atom is 0.293 e. The summed E-state index contributed by atoms with van der Waals surface area (Å²) >= 11 is 0. The molecule has 0 radical (unpaired) electrons. The maximum atomic E-state index is 11.0. The van der Waals surface area contributed by atoms with Crippen LogP contribution in [0.4, 0.5) is 11.4 Å². The Labute approximate surface area is 103 Å². The molecule has 96 valence electrons. The van der Waals surface area contributed by atoms with Crippen LogP contribution in [0.1, 0.15) is 10.4 Å². The van der Waals surface area contributed by atoms with Gasteiger partial charge in [-0.05, 0) is 6.07 Å². The van der Waals surface area contributed by atoms with Gasteiger partial charge in [0.05, 0.1) is 24.1 Å². The van der Waals surface area contributed by atoms with Crippen molar-refractivity contribution in [3.63, 3.8) is 0 Å². The molecule has 1 aromatic carbocycles. The van der Waals surface area contributed by atoms with Crippen molar-refractivity contribution in [2.75, 3.05) is 31.2 Å². The van der Waals surface area contributed by atoms with Gasteiger partial charge in [-0.2, -0.15) is 0 Å². The Morgan fingerprint density at radius 1 is 1.33 bits per heavy atom. The zero-order valence-corrected chi connectivity index (χ0v) is 9.50. The van der Waals surface area contributed by atoms with Crippen LogP contribution in [0.3, 0.4) is 0 Å². The number of hydrogen-bond donors (Lipinski definition) is 0. The number of carboxylic acids is 1. The molecule has 1 heterocycles. The highest BCUT2D eigenvalue weighted by molar-refractivity contribution is 5.88. The average molecular weight is 251 g/mol. The van der Waals surface area contributed by atoms with Gasteiger partial charge in [0.1, 0.15) is 5.69 Å². The first-order chi connectivity index (χ1) is 8.59. The molecular formula is C11H11N2O5-. The highest BCUT2D eigenvalue weighted by Crippen LogP contribution is 2.29. The normalized spacial score (nSPS) is 15.4. The third-order valence-corrected chi connectivity index (χ3v) is 2.76. The quantitative estimate of drug-likeness (QED) is 0.545. The van der Waals surface area contributed by atoms with Crippen molar-refractivity contribution in [3.05, 3.63) is 33.9 Å². The van der Waals surface area contributed by atoms with Crippen molar-refractivity contribution in [2.24, 2.45) is 0 Å². The summed E-state index contributed by atoms with van der Waals surface area (Å²) in [6, 6.07) is 3.78. The number of anilines is 1. The average Bonchev–Trinajstić information content (AvgIpc) is 2.39. The van der Waals surface area contributed by atoms with E-state index in [1.807, 2.05) is 0 Å². The zero-order chi connectivity index (χ0) is 13.1. The number of nitrogens with zero attached hydrogens (tertiary/aromatic N) is 2. The lowest BCUT2D eigenvalue weighted by molar-refractivity contribution is -0.384. The first-order valence-electron chi connectivity index (χ1n) is 5.42. The number of rotatable bonds is 3. The van der Waals surface area contributed by atoms with E-state index < -0.39 is 10.9 Å². The van der Waals surface area contributed by atoms with Gasteiger partial charge >= 0.3 is 0 Å². The van der Waals surface area contributed by atoms with Gasteiger partial charge in [-0.1, -0.05) is 6.07 Å². The van der Waals surface area contributed by atoms with Crippen LogP contribution in [0.2, 0.25) is 0 Å². The van der Waals surface area contributed by atoms with Crippen molar-refractivity contribution < 1.29 is 19.6 Å². The van der Waals surface area contributed by atoms with Crippen molar-refractivity contribution in [1.82, 2.24) is 0 Å². The molecule has 18 heavy (non-hydrogen) atoms. The highest BCUT2D eigenvalue weighted by Gasteiger charge is 2.21. The standard InChI is InChI=1S/C11H12N2O5/c14-11(15)8-1-2-9(10(7-8)13(16)17)12-3-5-18-6-4-12/h1-2,7H,3-6H2,(H,14,15)/p-1. The summed E-state index contributed by atoms with van der Waals surface area (Å²) in [7, 11) is 0. The Hall–Kier alpha value is -2.15. The number of aromatic carboxylic acids is 1. The van der Waals surface area contributed by atoms with Gasteiger partial charge < -0.3 is 19.5 Å². The van der Waals surface area contributed by atoms with E-state index in [2.05, 4.69) is 0 Å². The summed E-state index contributed by atoms with van der Waals surface area (Å²) in [5.41, 5.74) is -0.00869. The summed E-state index contributed by atoms with van der Waals surface area (Å²) < 4.78 is 5.17. The lowest BCUT2D eigenvalue weighted by Gasteiger charge is -2.28. The molecule has 0 N–H and O–H groups in total. The molecule has 1 aliphatic heterocycles. The van der Waals surface area contributed by atoms with Crippen LogP contribution in [0, 0.1) is 10.1 Å². The number of ether oxygens (including phenoxy) is 1. The number of nitro groups is 1. The second-order valence-corrected chi connectivity index (χ2v) is 3.85. The Morgan fingerprint density at radius 2 is 2.00 bits per heavy atom. The third-order valence-electron chi connectivity index (χ3n) is 2.76. The number of morpholine rings is 1. The van der Waals surface area contributed by atoms with Crippen LogP contribution in [0.25, 0.3) is 0 Å². The molecule has 0 amide bonds. The molecule has 0 unspecified atom stereocenters. The van der Waals surface area contributed by atoms with Crippen LogP contribution >= 0.6 is 0 Å². The van der Waals surface area contributed by atoms with Gasteiger partial charge in [-0.3, -0.25) is 10.1 Å². The number of carbonyl (C=O) groups excluding carboxylic acids is 1. The SMILES string of the molecule is O=C([O-])c1ccc(N2CCOCC2)c([N+](=O)[O-])c1. The second kappa shape index (κ2) is 5.01. The second-order valence-electron chi connectivity index (χ2n) is 3.85. The van der Waals surface area contributed by atoms with E-state index >= 15 is 0 Å². The molecule has 2 rings (SSSR count). The van der Waals surface area contributed by atoms with E-state index in [0.717, 1.165) is 6.07 Å². The molecule has 7 nitrogen and oxygen atoms in total. The number of hydrogen-bond acceptors (Lipinski definition) is 6. The monoisotopic (exact) mass is 251 g/mol. The van der Waals surface area contributed by atoms with Crippen molar-refractivity contribution in [2.45, 2.75) is 0 Å². The molecule has 0 spiro atoms. The lowest BCUT2D eigenvalue weighted by atomic mass is 10.1. The Bertz CT molecular complexity index is 482. The maximum absolute atomic E-state index is 11.0. The minimum atomic E-state index is -1.42. The highest BCUT2D eigenvalue weighted by atomic mass is 16.6. The summed E-state index contributed by atoms with van der Waals surface area (Å²) in [4.78, 5) is 22.9. The topological polar surface area (TPSA) is 95.7 Å². The molecule has 0 bridgehead atoms. The van der Waals surface area contributed by atoms with E-state index in [1.54, 1.807) is 4.90 Å². The minimum Gasteiger partial charge on any atom is -0.545 e. The number of carboxylic acid groups (broad SMARTS) is 1. The Balaban J connectivity index is 2.39. The zero-order valence-electron chi connectivity index (χ0n) is 9.50. The molecule has 1 aliphatic rings. The summed E-state index contributed by atoms with van der Waals surface area (Å²) in [5, 5.41) is 21.7. The van der Waals surface area contributed by atoms with E-state index in [0.29, 0.717) is 32.0 Å². The van der Waals surface area contributed by atoms with Crippen LogP contribution in [0.5, 0.6) is 0 Å². The molecular weight excluding hydrogens is 240 g/mol. The van der Waals surface area contributed by atoms with E-state index in [9.17, 15) is 20.0 Å². The minimum absolute atomic E-state index is 0.196. The molecule has 1 fully saturated rings. The molecule has 0 aromatic heterocycles. The van der Waals surface area contributed by atoms with Crippen molar-refractivity contribution in [1.29, 1.82) is 0 Å². The number of nitro benzene ring substituents is 1. The fraction of sp³-hybridized carbons (Fsp3) is 0.364. The molecule has 0 atom stereocenters. The van der Waals surface area contributed by atoms with Crippen molar-refractivity contribution >= 4 is 17.3 Å². The van der Waals surface area contributed by atoms with Crippen LogP contribution in [0.15, 0.2) is 18.2 Å². The molecule has 0 saturated carbocycles. The largest absolute Gasteiger partial charge is 0.545 e. The molecule has 0 aliphatic carbocycles. The van der Waals surface area contributed by atoms with Gasteiger partial charge in [0.25, 0.3) is 5.69 Å². The smallest absolute Gasteiger partial charge is 0.293 e. The predicted molar refractivity (Wildman–Crippen MR) is 60.5 cm³/mol. The molecule has 1 aromatic rings. The van der Waals surface area contributed by atoms with E-state index in [-0.39, 0.29) is 11.3 Å². The van der Waals surface area contributed by atoms with E-state index in [1.165, 1.54) is 12.1 Å². The van der Waals surface area contributed by atoms with Gasteiger partial charge in [-0.15, -0.1) is 0 Å². The van der Waals surface area contributed by atoms with Gasteiger partial charge in [-0.25, -0.2) is 0 Å². The fourth-order valence-electron chi connectivity index (χ4n) is 1.87.